The minimum Gasteiger partial charge on any atom is -0.394 e. The Hall–Kier alpha value is -1.44. The van der Waals surface area contributed by atoms with Crippen molar-refractivity contribution >= 4 is 0 Å². The second-order valence-corrected chi connectivity index (χ2v) is 21.4. The Bertz CT molecular complexity index is 1930. The Balaban J connectivity index is 1.09. The minimum atomic E-state index is -2.21. The zero-order chi connectivity index (χ0) is 60.3. The smallest absolute Gasteiger partial charge is 0.187 e. The predicted molar refractivity (Wildman–Crippen MR) is 255 cm³/mol. The lowest BCUT2D eigenvalue weighted by atomic mass is 9.95. The molecule has 36 heteroatoms. The second-order valence-electron chi connectivity index (χ2n) is 21.4. The van der Waals surface area contributed by atoms with Crippen molar-refractivity contribution < 1.29 is 173 Å². The maximum atomic E-state index is 11.7. The average Bonchev–Trinajstić information content (AvgIpc) is 3.66. The van der Waals surface area contributed by atoms with Gasteiger partial charge >= 0.3 is 0 Å². The van der Waals surface area contributed by atoms with Gasteiger partial charge in [-0.05, 0) is 25.8 Å². The van der Waals surface area contributed by atoms with Gasteiger partial charge in [0.05, 0.1) is 46.2 Å². The van der Waals surface area contributed by atoms with Gasteiger partial charge in [0.1, 0.15) is 171 Å². The van der Waals surface area contributed by atoms with Crippen LogP contribution in [0.1, 0.15) is 19.3 Å². The molecule has 22 N–H and O–H groups in total. The molecule has 484 valence electrons. The zero-order valence-corrected chi connectivity index (χ0v) is 44.3. The van der Waals surface area contributed by atoms with E-state index in [1.54, 1.807) is 0 Å². The highest BCUT2D eigenvalue weighted by atomic mass is 16.8. The molecular weight excluding hydrogens is 1140 g/mol. The Morgan fingerprint density at radius 3 is 0.627 bits per heavy atom. The van der Waals surface area contributed by atoms with Crippen LogP contribution in [0.15, 0.2) is 0 Å². The fourth-order valence-electron chi connectivity index (χ4n) is 11.1. The molecular formula is C47H81NO35. The van der Waals surface area contributed by atoms with Crippen molar-refractivity contribution in [1.29, 1.82) is 0 Å². The zero-order valence-electron chi connectivity index (χ0n) is 44.3. The molecule has 36 nitrogen and oxygen atoms in total. The predicted octanol–water partition coefficient (Wildman–Crippen LogP) is -14.1. The van der Waals surface area contributed by atoms with Crippen molar-refractivity contribution in [2.75, 3.05) is 59.4 Å². The number of ether oxygens (including phenoxy) is 15. The van der Waals surface area contributed by atoms with Crippen molar-refractivity contribution in [3.05, 3.63) is 0 Å². The van der Waals surface area contributed by atoms with E-state index in [1.807, 2.05) is 0 Å². The molecule has 0 aromatic rings. The van der Waals surface area contributed by atoms with Gasteiger partial charge in [-0.2, -0.15) is 0 Å². The summed E-state index contributed by atoms with van der Waals surface area (Å²) in [6.07, 6.45) is -67.7. The van der Waals surface area contributed by atoms with E-state index in [9.17, 15) is 102 Å². The highest BCUT2D eigenvalue weighted by Crippen LogP contribution is 2.39. The summed E-state index contributed by atoms with van der Waals surface area (Å²) >= 11 is 0. The maximum absolute atomic E-state index is 11.7. The topological polar surface area (TPSA) is 569 Å². The van der Waals surface area contributed by atoms with E-state index in [-0.39, 0.29) is 6.61 Å². The molecule has 21 aliphatic rings. The molecule has 0 radical (unpaired) electrons. The molecule has 0 aromatic heterocycles. The molecule has 21 heterocycles. The lowest BCUT2D eigenvalue weighted by Gasteiger charge is -2.50. The van der Waals surface area contributed by atoms with Gasteiger partial charge in [-0.25, -0.2) is 0 Å². The van der Waals surface area contributed by atoms with E-state index < -0.39 is 261 Å². The fourth-order valence-corrected chi connectivity index (χ4v) is 11.1. The summed E-state index contributed by atoms with van der Waals surface area (Å²) < 4.78 is 86.8. The summed E-state index contributed by atoms with van der Waals surface area (Å²) in [5.41, 5.74) is 5.61. The number of rotatable bonds is 13. The van der Waals surface area contributed by atoms with E-state index in [4.69, 9.17) is 76.8 Å². The number of unbranched alkanes of at least 4 members (excludes halogenated alkanes) is 2. The Morgan fingerprint density at radius 1 is 0.241 bits per heavy atom. The van der Waals surface area contributed by atoms with Crippen LogP contribution in [-0.4, -0.2) is 376 Å². The number of hydrogen-bond acceptors (Lipinski definition) is 36. The Kier molecular flexibility index (Phi) is 24.3. The minimum absolute atomic E-state index is 0.0854. The van der Waals surface area contributed by atoms with Crippen molar-refractivity contribution in [3.8, 4) is 0 Å². The maximum Gasteiger partial charge on any atom is 0.187 e. The van der Waals surface area contributed by atoms with Crippen LogP contribution < -0.4 is 5.73 Å². The van der Waals surface area contributed by atoms with E-state index in [0.717, 1.165) is 0 Å². The second kappa shape index (κ2) is 29.9. The monoisotopic (exact) mass is 1220 g/mol. The van der Waals surface area contributed by atoms with E-state index in [2.05, 4.69) is 0 Å². The molecule has 21 fully saturated rings. The van der Waals surface area contributed by atoms with Crippen molar-refractivity contribution in [2.24, 2.45) is 5.73 Å². The largest absolute Gasteiger partial charge is 0.394 e. The number of nitrogens with two attached hydrogens (primary N) is 1. The molecule has 0 unspecified atom stereocenters. The van der Waals surface area contributed by atoms with Gasteiger partial charge in [-0.1, -0.05) is 0 Å². The van der Waals surface area contributed by atoms with E-state index in [0.29, 0.717) is 25.8 Å². The fraction of sp³-hybridized carbons (Fsp3) is 1.00. The van der Waals surface area contributed by atoms with Gasteiger partial charge < -0.3 is 179 Å². The van der Waals surface area contributed by atoms with Gasteiger partial charge in [0.15, 0.2) is 44.0 Å². The summed E-state index contributed by atoms with van der Waals surface area (Å²) in [5.74, 6) is 0. The van der Waals surface area contributed by atoms with Crippen molar-refractivity contribution in [3.63, 3.8) is 0 Å². The van der Waals surface area contributed by atoms with Crippen LogP contribution in [0, 0.1) is 0 Å². The highest BCUT2D eigenvalue weighted by Gasteiger charge is 2.59. The van der Waals surface area contributed by atoms with Crippen molar-refractivity contribution in [1.82, 2.24) is 0 Å². The molecule has 35 atom stereocenters. The van der Waals surface area contributed by atoms with Crippen LogP contribution in [0.4, 0.5) is 0 Å². The lowest BCUT2D eigenvalue weighted by molar-refractivity contribution is -0.397. The Morgan fingerprint density at radius 2 is 0.434 bits per heavy atom. The van der Waals surface area contributed by atoms with Crippen LogP contribution in [0.25, 0.3) is 0 Å². The summed E-state index contributed by atoms with van der Waals surface area (Å²) in [7, 11) is 0. The molecule has 21 saturated heterocycles. The molecule has 0 amide bonds. The van der Waals surface area contributed by atoms with Crippen LogP contribution >= 0.6 is 0 Å². The molecule has 0 aromatic carbocycles. The standard InChI is InChI=1S/C47H81NO35/c48-4-2-1-3-5-69-12-19-40-26(61)33(68)47(76-19)82-39-18(11-54)74-45(31(66)24(39)59)80-37-16(9-52)72-43(29(64)22(37)57)78-35-14(7-50)70-41(27(62)20(35)55)77-34-13(6-49)71-42(28(63)21(34)56)79-36-15(8-51)73-44(30(65)23(36)58)81-38-17(10-53)75-46(83-40)32(67)25(38)60/h13-47,49-68H,1-12,48H2/t13-,14-,15-,16-,17-,18-,19-,20-,21-,22-,23-,24+,25-,26-,27-,28-,29+,30-,31-,32-,33-,34-,35-,36-,37-,38-,39-,40-,41-,42-,43-,44-,45-,46-,47-/m1/s1. The summed E-state index contributed by atoms with van der Waals surface area (Å²) in [4.78, 5) is 0. The van der Waals surface area contributed by atoms with Crippen LogP contribution in [-0.2, 0) is 71.1 Å². The molecule has 0 aliphatic carbocycles. The number of hydrogen-bond donors (Lipinski definition) is 21. The normalized spacial score (nSPS) is 52.2. The summed E-state index contributed by atoms with van der Waals surface area (Å²) in [6, 6.07) is 0. The van der Waals surface area contributed by atoms with E-state index >= 15 is 0 Å². The van der Waals surface area contributed by atoms with E-state index in [1.165, 1.54) is 0 Å². The number of aliphatic hydroxyl groups excluding tert-OH is 20. The summed E-state index contributed by atoms with van der Waals surface area (Å²) in [6.45, 7) is -6.20. The first kappa shape index (κ1) is 67.5. The molecule has 83 heavy (non-hydrogen) atoms. The first-order valence-electron chi connectivity index (χ1n) is 27.3. The highest BCUT2D eigenvalue weighted by molar-refractivity contribution is 5.02. The van der Waals surface area contributed by atoms with Crippen molar-refractivity contribution in [2.45, 2.75) is 234 Å². The first-order valence-corrected chi connectivity index (χ1v) is 27.3. The van der Waals surface area contributed by atoms with Crippen LogP contribution in [0.5, 0.6) is 0 Å². The third-order valence-corrected chi connectivity index (χ3v) is 15.9. The molecule has 14 bridgehead atoms. The molecule has 21 rings (SSSR count). The Labute approximate surface area is 471 Å². The lowest BCUT2D eigenvalue weighted by Crippen LogP contribution is -2.68. The van der Waals surface area contributed by atoms with Gasteiger partial charge in [0.2, 0.25) is 0 Å². The third-order valence-electron chi connectivity index (χ3n) is 15.9. The van der Waals surface area contributed by atoms with Gasteiger partial charge in [-0.15, -0.1) is 0 Å². The van der Waals surface area contributed by atoms with Gasteiger partial charge in [0, 0.05) is 6.61 Å². The van der Waals surface area contributed by atoms with Gasteiger partial charge in [-0.3, -0.25) is 0 Å². The van der Waals surface area contributed by atoms with Crippen LogP contribution in [0.2, 0.25) is 0 Å². The molecule has 21 aliphatic heterocycles. The third kappa shape index (κ3) is 14.3. The van der Waals surface area contributed by atoms with Crippen LogP contribution in [0.3, 0.4) is 0 Å². The molecule has 0 saturated carbocycles. The quantitative estimate of drug-likeness (QED) is 0.0762. The summed E-state index contributed by atoms with van der Waals surface area (Å²) in [5, 5.41) is 223. The molecule has 0 spiro atoms. The first-order chi connectivity index (χ1) is 39.7. The number of aliphatic hydroxyl groups is 20. The SMILES string of the molecule is NCCCCCOC[C@H]1O[C@@H]2O[C@H]3[C@@H](O)[C@@H](O)[C@@H](O[C@H]4[C@H](O)[C@H](O)[C@@H](O[C@H]5[C@H](O)[C@@H](O)[C@@H](O[C@H]6[C@H](O)[C@@H](O)[C@@H](O[C@H]7[C@H](O)[C@@H](O)[C@@H](O[C@H]8[C@H](O)[C@@H](O)[C@@H](O[C@H]1[C@H](O)[C@H]2O)O[C@@H]8CO)O[C@@H]7CO)O[C@@H]6CO)O[C@@H]5CO)O[C@@H]4CO)O[C@@H]3CO. The average molecular weight is 1220 g/mol. The van der Waals surface area contributed by atoms with Gasteiger partial charge in [0.25, 0.3) is 0 Å².